The van der Waals surface area contributed by atoms with E-state index in [0.29, 0.717) is 17.9 Å². The molecule has 23 heavy (non-hydrogen) atoms. The van der Waals surface area contributed by atoms with Crippen molar-refractivity contribution < 1.29 is 9.21 Å². The average molecular weight is 419 g/mol. The van der Waals surface area contributed by atoms with Gasteiger partial charge in [0.05, 0.1) is 12.0 Å². The molecule has 6 heteroatoms. The Labute approximate surface area is 147 Å². The third-order valence-corrected chi connectivity index (χ3v) is 4.22. The summed E-state index contributed by atoms with van der Waals surface area (Å²) in [6, 6.07) is 15.5. The van der Waals surface area contributed by atoms with Crippen LogP contribution in [0.4, 0.5) is 6.01 Å². The third kappa shape index (κ3) is 3.95. The Morgan fingerprint density at radius 2 is 1.87 bits per heavy atom. The van der Waals surface area contributed by atoms with Crippen molar-refractivity contribution in [2.45, 2.75) is 13.3 Å². The SMILES string of the molecule is Cc1ccc(Cc2nnc(NC(=O)c3ccccc3I)o2)cc1. The van der Waals surface area contributed by atoms with Crippen LogP contribution in [0.2, 0.25) is 0 Å². The van der Waals surface area contributed by atoms with E-state index in [1.807, 2.05) is 49.4 Å². The number of carbonyl (C=O) groups is 1. The topological polar surface area (TPSA) is 68.0 Å². The van der Waals surface area contributed by atoms with Gasteiger partial charge in [-0.3, -0.25) is 10.1 Å². The van der Waals surface area contributed by atoms with E-state index < -0.39 is 0 Å². The zero-order chi connectivity index (χ0) is 16.2. The minimum absolute atomic E-state index is 0.108. The van der Waals surface area contributed by atoms with E-state index in [0.717, 1.165) is 9.13 Å². The van der Waals surface area contributed by atoms with Crippen molar-refractivity contribution in [3.05, 3.63) is 74.7 Å². The van der Waals surface area contributed by atoms with Gasteiger partial charge in [-0.05, 0) is 47.2 Å². The summed E-state index contributed by atoms with van der Waals surface area (Å²) in [4.78, 5) is 12.2. The van der Waals surface area contributed by atoms with Crippen molar-refractivity contribution in [1.82, 2.24) is 10.2 Å². The quantitative estimate of drug-likeness (QED) is 0.653. The first kappa shape index (κ1) is 15.7. The number of aromatic nitrogens is 2. The van der Waals surface area contributed by atoms with E-state index in [-0.39, 0.29) is 11.9 Å². The fourth-order valence-corrected chi connectivity index (χ4v) is 2.70. The van der Waals surface area contributed by atoms with Gasteiger partial charge in [0.1, 0.15) is 0 Å². The molecule has 0 aliphatic heterocycles. The van der Waals surface area contributed by atoms with E-state index >= 15 is 0 Å². The van der Waals surface area contributed by atoms with Gasteiger partial charge in [-0.2, -0.15) is 0 Å². The molecule has 0 saturated carbocycles. The normalized spacial score (nSPS) is 10.5. The summed E-state index contributed by atoms with van der Waals surface area (Å²) >= 11 is 2.11. The first-order valence-corrected chi connectivity index (χ1v) is 8.13. The van der Waals surface area contributed by atoms with Gasteiger partial charge in [-0.1, -0.05) is 47.1 Å². The first-order valence-electron chi connectivity index (χ1n) is 7.05. The lowest BCUT2D eigenvalue weighted by molar-refractivity contribution is 0.102. The number of aryl methyl sites for hydroxylation is 1. The Kier molecular flexibility index (Phi) is 4.71. The fourth-order valence-electron chi connectivity index (χ4n) is 2.07. The van der Waals surface area contributed by atoms with Crippen LogP contribution >= 0.6 is 22.6 Å². The number of carbonyl (C=O) groups excluding carboxylic acids is 1. The highest BCUT2D eigenvalue weighted by molar-refractivity contribution is 14.1. The van der Waals surface area contributed by atoms with E-state index in [9.17, 15) is 4.79 Å². The Hall–Kier alpha value is -2.22. The summed E-state index contributed by atoms with van der Waals surface area (Å²) in [7, 11) is 0. The number of benzene rings is 2. The van der Waals surface area contributed by atoms with Gasteiger partial charge in [0.2, 0.25) is 5.89 Å². The molecule has 3 rings (SSSR count). The molecule has 0 saturated heterocycles. The van der Waals surface area contributed by atoms with Gasteiger partial charge < -0.3 is 4.42 Å². The van der Waals surface area contributed by atoms with Gasteiger partial charge in [0, 0.05) is 3.57 Å². The predicted octanol–water partition coefficient (Wildman–Crippen LogP) is 3.83. The lowest BCUT2D eigenvalue weighted by atomic mass is 10.1. The molecule has 0 aliphatic carbocycles. The highest BCUT2D eigenvalue weighted by atomic mass is 127. The summed E-state index contributed by atoms with van der Waals surface area (Å²) < 4.78 is 6.36. The minimum Gasteiger partial charge on any atom is -0.407 e. The zero-order valence-corrected chi connectivity index (χ0v) is 14.6. The summed E-state index contributed by atoms with van der Waals surface area (Å²) in [6.07, 6.45) is 0.534. The van der Waals surface area contributed by atoms with Gasteiger partial charge in [0.25, 0.3) is 5.91 Å². The number of rotatable bonds is 4. The number of nitrogens with zero attached hydrogens (tertiary/aromatic N) is 2. The molecule has 2 aromatic carbocycles. The minimum atomic E-state index is -0.263. The van der Waals surface area contributed by atoms with E-state index in [4.69, 9.17) is 4.42 Å². The second-order valence-electron chi connectivity index (χ2n) is 5.10. The summed E-state index contributed by atoms with van der Waals surface area (Å²) in [5, 5.41) is 10.5. The molecule has 1 amide bonds. The van der Waals surface area contributed by atoms with Gasteiger partial charge in [-0.25, -0.2) is 0 Å². The first-order chi connectivity index (χ1) is 11.1. The summed E-state index contributed by atoms with van der Waals surface area (Å²) in [5.74, 6) is 0.201. The van der Waals surface area contributed by atoms with Crippen molar-refractivity contribution in [2.75, 3.05) is 5.32 Å². The van der Waals surface area contributed by atoms with Crippen molar-refractivity contribution in [2.24, 2.45) is 0 Å². The van der Waals surface area contributed by atoms with Crippen LogP contribution in [0.15, 0.2) is 52.9 Å². The van der Waals surface area contributed by atoms with E-state index in [1.165, 1.54) is 5.56 Å². The van der Waals surface area contributed by atoms with Crippen LogP contribution in [0, 0.1) is 10.5 Å². The fraction of sp³-hybridized carbons (Fsp3) is 0.118. The molecule has 0 unspecified atom stereocenters. The van der Waals surface area contributed by atoms with Crippen LogP contribution in [-0.2, 0) is 6.42 Å². The van der Waals surface area contributed by atoms with Crippen LogP contribution in [-0.4, -0.2) is 16.1 Å². The molecule has 0 bridgehead atoms. The summed E-state index contributed by atoms with van der Waals surface area (Å²) in [5.41, 5.74) is 2.85. The Bertz CT molecular complexity index is 828. The monoisotopic (exact) mass is 419 g/mol. The van der Waals surface area contributed by atoms with Crippen molar-refractivity contribution in [3.63, 3.8) is 0 Å². The smallest absolute Gasteiger partial charge is 0.322 e. The molecule has 1 N–H and O–H groups in total. The highest BCUT2D eigenvalue weighted by Crippen LogP contribution is 2.15. The van der Waals surface area contributed by atoms with E-state index in [1.54, 1.807) is 6.07 Å². The second kappa shape index (κ2) is 6.91. The van der Waals surface area contributed by atoms with Gasteiger partial charge in [0.15, 0.2) is 0 Å². The number of anilines is 1. The van der Waals surface area contributed by atoms with Crippen LogP contribution < -0.4 is 5.32 Å². The maximum atomic E-state index is 12.2. The largest absolute Gasteiger partial charge is 0.407 e. The number of hydrogen-bond acceptors (Lipinski definition) is 4. The molecule has 0 radical (unpaired) electrons. The van der Waals surface area contributed by atoms with E-state index in [2.05, 4.69) is 38.1 Å². The van der Waals surface area contributed by atoms with Gasteiger partial charge in [-0.15, -0.1) is 5.10 Å². The van der Waals surface area contributed by atoms with Crippen LogP contribution in [0.3, 0.4) is 0 Å². The Morgan fingerprint density at radius 3 is 2.61 bits per heavy atom. The molecule has 0 fully saturated rings. The maximum absolute atomic E-state index is 12.2. The number of nitrogens with one attached hydrogen (secondary N) is 1. The van der Waals surface area contributed by atoms with Crippen LogP contribution in [0.25, 0.3) is 0 Å². The molecular formula is C17H14IN3O2. The molecule has 0 aliphatic rings. The lowest BCUT2D eigenvalue weighted by Gasteiger charge is -2.02. The number of amides is 1. The molecule has 5 nitrogen and oxygen atoms in total. The molecule has 116 valence electrons. The number of halogens is 1. The van der Waals surface area contributed by atoms with Gasteiger partial charge >= 0.3 is 6.01 Å². The molecule has 0 atom stereocenters. The van der Waals surface area contributed by atoms with Crippen molar-refractivity contribution in [1.29, 1.82) is 0 Å². The Morgan fingerprint density at radius 1 is 1.13 bits per heavy atom. The molecule has 1 aromatic heterocycles. The second-order valence-corrected chi connectivity index (χ2v) is 6.26. The molecular weight excluding hydrogens is 405 g/mol. The lowest BCUT2D eigenvalue weighted by Crippen LogP contribution is -2.13. The Balaban J connectivity index is 1.69. The maximum Gasteiger partial charge on any atom is 0.322 e. The number of hydrogen-bond donors (Lipinski definition) is 1. The summed E-state index contributed by atoms with van der Waals surface area (Å²) in [6.45, 7) is 2.04. The molecule has 3 aromatic rings. The van der Waals surface area contributed by atoms with Crippen molar-refractivity contribution >= 4 is 34.5 Å². The average Bonchev–Trinajstić information content (AvgIpc) is 2.97. The van der Waals surface area contributed by atoms with Crippen LogP contribution in [0.1, 0.15) is 27.4 Å². The molecule has 0 spiro atoms. The van der Waals surface area contributed by atoms with Crippen LogP contribution in [0.5, 0.6) is 0 Å². The highest BCUT2D eigenvalue weighted by Gasteiger charge is 2.13. The molecule has 1 heterocycles. The van der Waals surface area contributed by atoms with Crippen molar-refractivity contribution in [3.8, 4) is 0 Å². The predicted molar refractivity (Wildman–Crippen MR) is 95.4 cm³/mol. The third-order valence-electron chi connectivity index (χ3n) is 3.28. The standard InChI is InChI=1S/C17H14IN3O2/c1-11-6-8-12(9-7-11)10-15-20-21-17(23-15)19-16(22)13-4-2-3-5-14(13)18/h2-9H,10H2,1H3,(H,19,21,22). The zero-order valence-electron chi connectivity index (χ0n) is 12.4.